The lowest BCUT2D eigenvalue weighted by Crippen LogP contribution is -2.58. The van der Waals surface area contributed by atoms with E-state index >= 15 is 0 Å². The first-order chi connectivity index (χ1) is 19.0. The van der Waals surface area contributed by atoms with E-state index in [1.807, 2.05) is 0 Å². The maximum Gasteiger partial charge on any atom is 0.338 e. The van der Waals surface area contributed by atoms with E-state index < -0.39 is 54.7 Å². The summed E-state index contributed by atoms with van der Waals surface area (Å²) in [4.78, 5) is 37.4. The van der Waals surface area contributed by atoms with Crippen molar-refractivity contribution in [3.8, 4) is 23.0 Å². The fraction of sp³-hybridized carbons (Fsp3) is 0.321. The zero-order valence-electron chi connectivity index (χ0n) is 22.0. The van der Waals surface area contributed by atoms with Crippen molar-refractivity contribution in [2.24, 2.45) is 0 Å². The topological polar surface area (TPSA) is 178 Å². The van der Waals surface area contributed by atoms with Crippen LogP contribution in [0, 0.1) is 0 Å². The van der Waals surface area contributed by atoms with Crippen molar-refractivity contribution in [1.82, 2.24) is 0 Å². The Morgan fingerprint density at radius 3 is 1.77 bits per heavy atom. The van der Waals surface area contributed by atoms with Gasteiger partial charge < -0.3 is 44.1 Å². The van der Waals surface area contributed by atoms with E-state index in [1.165, 1.54) is 50.6 Å². The number of phenolic OH excluding ortho intramolecular Hbond substituents is 2. The second-order valence-corrected chi connectivity index (χ2v) is 8.90. The maximum atomic E-state index is 12.6. The van der Waals surface area contributed by atoms with Gasteiger partial charge >= 0.3 is 17.9 Å². The Hall–Kier alpha value is -4.55. The molecule has 0 amide bonds. The van der Waals surface area contributed by atoms with Gasteiger partial charge in [0.15, 0.2) is 34.7 Å². The Kier molecular flexibility index (Phi) is 9.75. The first-order valence-corrected chi connectivity index (χ1v) is 12.0. The first kappa shape index (κ1) is 30.0. The Balaban J connectivity index is 1.77. The third kappa shape index (κ3) is 7.30. The molecule has 4 N–H and O–H groups in total. The molecule has 0 radical (unpaired) electrons. The highest BCUT2D eigenvalue weighted by Gasteiger charge is 2.52. The van der Waals surface area contributed by atoms with Gasteiger partial charge in [0.05, 0.1) is 27.4 Å². The van der Waals surface area contributed by atoms with Crippen LogP contribution >= 0.6 is 0 Å². The van der Waals surface area contributed by atoms with E-state index in [-0.39, 0.29) is 23.0 Å². The van der Waals surface area contributed by atoms with Gasteiger partial charge in [0, 0.05) is 25.0 Å². The molecule has 0 saturated heterocycles. The predicted molar refractivity (Wildman–Crippen MR) is 139 cm³/mol. The van der Waals surface area contributed by atoms with Gasteiger partial charge in [0.25, 0.3) is 0 Å². The molecular formula is C28H30O12. The van der Waals surface area contributed by atoms with Gasteiger partial charge in [-0.25, -0.2) is 14.4 Å². The first-order valence-electron chi connectivity index (χ1n) is 12.0. The van der Waals surface area contributed by atoms with Gasteiger partial charge in [-0.1, -0.05) is 12.1 Å². The van der Waals surface area contributed by atoms with Crippen molar-refractivity contribution in [3.63, 3.8) is 0 Å². The van der Waals surface area contributed by atoms with Crippen LogP contribution in [0.2, 0.25) is 0 Å². The number of methoxy groups -OCH3 is 3. The zero-order valence-corrected chi connectivity index (χ0v) is 22.0. The van der Waals surface area contributed by atoms with Gasteiger partial charge in [-0.15, -0.1) is 0 Å². The van der Waals surface area contributed by atoms with Crippen molar-refractivity contribution in [1.29, 1.82) is 0 Å². The second kappa shape index (κ2) is 13.0. The second-order valence-electron chi connectivity index (χ2n) is 8.90. The highest BCUT2D eigenvalue weighted by molar-refractivity contribution is 5.88. The quantitative estimate of drug-likeness (QED) is 0.199. The highest BCUT2D eigenvalue weighted by Crippen LogP contribution is 2.34. The number of hydrogen-bond donors (Lipinski definition) is 4. The lowest BCUT2D eigenvalue weighted by Gasteiger charge is -2.41. The number of carbonyl (C=O) groups is 3. The van der Waals surface area contributed by atoms with E-state index in [0.717, 1.165) is 19.3 Å². The molecule has 0 spiro atoms. The van der Waals surface area contributed by atoms with Crippen molar-refractivity contribution in [2.45, 2.75) is 36.8 Å². The molecule has 0 aromatic heterocycles. The van der Waals surface area contributed by atoms with E-state index in [4.69, 9.17) is 18.9 Å². The van der Waals surface area contributed by atoms with Gasteiger partial charge in [-0.3, -0.25) is 0 Å². The average Bonchev–Trinajstić information content (AvgIpc) is 2.92. The van der Waals surface area contributed by atoms with E-state index in [0.29, 0.717) is 11.1 Å². The Labute approximate surface area is 229 Å². The van der Waals surface area contributed by atoms with Gasteiger partial charge in [-0.05, 0) is 47.5 Å². The number of aliphatic hydroxyl groups excluding tert-OH is 1. The molecule has 1 aliphatic carbocycles. The molecule has 1 aliphatic rings. The highest BCUT2D eigenvalue weighted by atomic mass is 16.6. The molecule has 0 heterocycles. The maximum absolute atomic E-state index is 12.6. The van der Waals surface area contributed by atoms with Crippen LogP contribution < -0.4 is 9.47 Å². The molecule has 0 aliphatic heterocycles. The minimum Gasteiger partial charge on any atom is -0.504 e. The molecule has 3 rings (SSSR count). The third-order valence-electron chi connectivity index (χ3n) is 6.15. The molecule has 1 saturated carbocycles. The number of esters is 3. The molecule has 1 fully saturated rings. The van der Waals surface area contributed by atoms with Gasteiger partial charge in [0.2, 0.25) is 0 Å². The summed E-state index contributed by atoms with van der Waals surface area (Å²) in [7, 11) is 3.83. The van der Waals surface area contributed by atoms with Crippen LogP contribution in [0.15, 0.2) is 48.6 Å². The summed E-state index contributed by atoms with van der Waals surface area (Å²) in [6.45, 7) is 0. The molecule has 214 valence electrons. The molecule has 2 aromatic carbocycles. The van der Waals surface area contributed by atoms with Crippen molar-refractivity contribution in [3.05, 3.63) is 59.7 Å². The Bertz CT molecular complexity index is 1300. The summed E-state index contributed by atoms with van der Waals surface area (Å²) in [5.41, 5.74) is -1.33. The molecule has 0 bridgehead atoms. The fourth-order valence-electron chi connectivity index (χ4n) is 4.17. The van der Waals surface area contributed by atoms with Crippen molar-refractivity contribution in [2.75, 3.05) is 21.3 Å². The zero-order chi connectivity index (χ0) is 29.4. The molecule has 40 heavy (non-hydrogen) atoms. The van der Waals surface area contributed by atoms with Crippen molar-refractivity contribution < 1.29 is 58.5 Å². The number of aromatic hydroxyl groups is 2. The number of benzene rings is 2. The van der Waals surface area contributed by atoms with Gasteiger partial charge in [-0.2, -0.15) is 0 Å². The summed E-state index contributed by atoms with van der Waals surface area (Å²) in [5.74, 6) is -2.73. The Morgan fingerprint density at radius 1 is 0.825 bits per heavy atom. The number of hydrogen-bond acceptors (Lipinski definition) is 12. The molecule has 4 atom stereocenters. The van der Waals surface area contributed by atoms with Gasteiger partial charge in [0.1, 0.15) is 6.10 Å². The summed E-state index contributed by atoms with van der Waals surface area (Å²) >= 11 is 0. The number of aliphatic hydroxyl groups is 2. The molecule has 2 aromatic rings. The normalized spacial score (nSPS) is 22.6. The number of ether oxygens (including phenoxy) is 5. The monoisotopic (exact) mass is 558 g/mol. The number of rotatable bonds is 9. The van der Waals surface area contributed by atoms with E-state index in [1.54, 1.807) is 12.1 Å². The lowest BCUT2D eigenvalue weighted by molar-refractivity contribution is -0.206. The van der Waals surface area contributed by atoms with Crippen LogP contribution in [-0.2, 0) is 28.6 Å². The standard InChI is InChI=1S/C28H30O12/c1-36-21-8-4-16(12-18(21)29)6-10-24(32)39-23-15-28(35,27(34)38-3)14-20(31)26(23)40-25(33)11-7-17-5-9-22(37-2)19(30)13-17/h4-13,20,23,26,29-31,35H,14-15H2,1-3H3/b10-6+,11-7+/t20-,23-,26-,28+/m1/s1. The average molecular weight is 559 g/mol. The van der Waals surface area contributed by atoms with Crippen molar-refractivity contribution >= 4 is 30.1 Å². The number of phenols is 2. The predicted octanol–water partition coefficient (Wildman–Crippen LogP) is 1.72. The number of carbonyl (C=O) groups excluding carboxylic acids is 3. The summed E-state index contributed by atoms with van der Waals surface area (Å²) in [6, 6.07) is 8.84. The van der Waals surface area contributed by atoms with Crippen LogP contribution in [0.3, 0.4) is 0 Å². The fourth-order valence-corrected chi connectivity index (χ4v) is 4.17. The minimum atomic E-state index is -2.20. The van der Waals surface area contributed by atoms with Crippen LogP contribution in [-0.4, -0.2) is 83.6 Å². The molecular weight excluding hydrogens is 528 g/mol. The van der Waals surface area contributed by atoms with Crippen LogP contribution in [0.1, 0.15) is 24.0 Å². The van der Waals surface area contributed by atoms with Crippen LogP contribution in [0.5, 0.6) is 23.0 Å². The summed E-state index contributed by atoms with van der Waals surface area (Å²) in [5, 5.41) is 41.3. The molecule has 12 nitrogen and oxygen atoms in total. The summed E-state index contributed by atoms with van der Waals surface area (Å²) < 4.78 is 25.3. The third-order valence-corrected chi connectivity index (χ3v) is 6.15. The SMILES string of the molecule is COC(=O)[C@]1(O)C[C@@H](O)[C@@H](OC(=O)/C=C/c2ccc(OC)c(O)c2)[C@H](OC(=O)/C=C/c2ccc(OC)c(O)c2)C1. The largest absolute Gasteiger partial charge is 0.504 e. The molecule has 12 heteroatoms. The lowest BCUT2D eigenvalue weighted by atomic mass is 9.79. The van der Waals surface area contributed by atoms with Crippen LogP contribution in [0.4, 0.5) is 0 Å². The minimum absolute atomic E-state index is 0.146. The van der Waals surface area contributed by atoms with E-state index in [9.17, 15) is 34.8 Å². The Morgan fingerprint density at radius 2 is 1.32 bits per heavy atom. The smallest absolute Gasteiger partial charge is 0.338 e. The summed E-state index contributed by atoms with van der Waals surface area (Å²) in [6.07, 6.45) is -0.795. The van der Waals surface area contributed by atoms with Crippen LogP contribution in [0.25, 0.3) is 12.2 Å². The van der Waals surface area contributed by atoms with E-state index in [2.05, 4.69) is 4.74 Å². The molecule has 0 unspecified atom stereocenters.